The highest BCUT2D eigenvalue weighted by molar-refractivity contribution is 9.10. The lowest BCUT2D eigenvalue weighted by Gasteiger charge is -2.33. The Morgan fingerprint density at radius 2 is 2.25 bits per heavy atom. The van der Waals surface area contributed by atoms with Gasteiger partial charge in [-0.2, -0.15) is 0 Å². The number of rotatable bonds is 4. The zero-order valence-corrected chi connectivity index (χ0v) is 16.2. The van der Waals surface area contributed by atoms with E-state index in [0.717, 1.165) is 29.7 Å². The van der Waals surface area contributed by atoms with Gasteiger partial charge in [0.15, 0.2) is 0 Å². The van der Waals surface area contributed by atoms with E-state index in [1.807, 2.05) is 37.4 Å². The molecule has 0 aliphatic carbocycles. The predicted octanol–water partition coefficient (Wildman–Crippen LogP) is 3.89. The molecule has 2 heterocycles. The molecule has 4 nitrogen and oxygen atoms in total. The second kappa shape index (κ2) is 6.96. The lowest BCUT2D eigenvalue weighted by molar-refractivity contribution is 0.0318. The van der Waals surface area contributed by atoms with Crippen molar-refractivity contribution in [2.45, 2.75) is 32.4 Å². The first-order valence-electron chi connectivity index (χ1n) is 7.93. The molecule has 0 spiro atoms. The van der Waals surface area contributed by atoms with Crippen molar-refractivity contribution in [2.24, 2.45) is 0 Å². The number of thiophene rings is 1. The fourth-order valence-corrected chi connectivity index (χ4v) is 4.40. The molecule has 1 aromatic heterocycles. The molecular weight excluding hydrogens is 388 g/mol. The highest BCUT2D eigenvalue weighted by Crippen LogP contribution is 2.28. The van der Waals surface area contributed by atoms with Crippen molar-refractivity contribution in [3.8, 4) is 0 Å². The molecule has 0 saturated heterocycles. The van der Waals surface area contributed by atoms with E-state index < -0.39 is 5.60 Å². The Kier molecular flexibility index (Phi) is 5.11. The number of hydrogen-bond acceptors (Lipinski definition) is 4. The zero-order valence-electron chi connectivity index (χ0n) is 13.8. The van der Waals surface area contributed by atoms with E-state index in [-0.39, 0.29) is 5.91 Å². The third kappa shape index (κ3) is 4.25. The molecule has 0 unspecified atom stereocenters. The van der Waals surface area contributed by atoms with Gasteiger partial charge in [0.25, 0.3) is 5.91 Å². The van der Waals surface area contributed by atoms with E-state index in [9.17, 15) is 9.90 Å². The quantitative estimate of drug-likeness (QED) is 0.806. The molecule has 1 aromatic carbocycles. The number of fused-ring (bicyclic) bond motifs is 1. The van der Waals surface area contributed by atoms with Crippen molar-refractivity contribution in [1.82, 2.24) is 4.90 Å². The smallest absolute Gasteiger partial charge is 0.265 e. The Morgan fingerprint density at radius 3 is 2.92 bits per heavy atom. The molecule has 0 radical (unpaired) electrons. The lowest BCUT2D eigenvalue weighted by atomic mass is 9.96. The van der Waals surface area contributed by atoms with Crippen molar-refractivity contribution < 1.29 is 9.90 Å². The normalized spacial score (nSPS) is 15.2. The number of anilines is 1. The first kappa shape index (κ1) is 17.6. The largest absolute Gasteiger partial charge is 0.389 e. The molecule has 3 rings (SSSR count). The van der Waals surface area contributed by atoms with Gasteiger partial charge in [-0.25, -0.2) is 0 Å². The maximum absolute atomic E-state index is 12.4. The van der Waals surface area contributed by atoms with Crippen molar-refractivity contribution in [1.29, 1.82) is 0 Å². The van der Waals surface area contributed by atoms with E-state index in [0.29, 0.717) is 11.4 Å². The van der Waals surface area contributed by atoms with Gasteiger partial charge in [0, 0.05) is 35.2 Å². The SMILES string of the molecule is CC(C)(O)CN1CCc2c(cccc2NC(=O)c2cc(Br)cs2)C1. The average Bonchev–Trinajstić information content (AvgIpc) is 2.92. The number of aliphatic hydroxyl groups is 1. The maximum atomic E-state index is 12.4. The van der Waals surface area contributed by atoms with Gasteiger partial charge in [0.2, 0.25) is 0 Å². The summed E-state index contributed by atoms with van der Waals surface area (Å²) in [5.41, 5.74) is 2.62. The second-order valence-electron chi connectivity index (χ2n) is 6.80. The summed E-state index contributed by atoms with van der Waals surface area (Å²) in [4.78, 5) is 15.3. The van der Waals surface area contributed by atoms with E-state index in [1.165, 1.54) is 22.5 Å². The van der Waals surface area contributed by atoms with Gasteiger partial charge >= 0.3 is 0 Å². The monoisotopic (exact) mass is 408 g/mol. The minimum atomic E-state index is -0.699. The highest BCUT2D eigenvalue weighted by Gasteiger charge is 2.24. The van der Waals surface area contributed by atoms with Crippen molar-refractivity contribution in [3.05, 3.63) is 50.1 Å². The number of hydrogen-bond donors (Lipinski definition) is 2. The summed E-state index contributed by atoms with van der Waals surface area (Å²) in [7, 11) is 0. The minimum absolute atomic E-state index is 0.0713. The van der Waals surface area contributed by atoms with Crippen LogP contribution in [0.1, 0.15) is 34.6 Å². The van der Waals surface area contributed by atoms with Crippen LogP contribution in [0.4, 0.5) is 5.69 Å². The first-order valence-corrected chi connectivity index (χ1v) is 9.60. The summed E-state index contributed by atoms with van der Waals surface area (Å²) in [5, 5.41) is 15.0. The van der Waals surface area contributed by atoms with E-state index in [2.05, 4.69) is 32.2 Å². The number of carbonyl (C=O) groups excluding carboxylic acids is 1. The summed E-state index contributed by atoms with van der Waals surface area (Å²) in [6.45, 7) is 5.99. The predicted molar refractivity (Wildman–Crippen MR) is 102 cm³/mol. The van der Waals surface area contributed by atoms with Crippen LogP contribution in [0.5, 0.6) is 0 Å². The molecule has 6 heteroatoms. The van der Waals surface area contributed by atoms with Gasteiger partial charge in [-0.3, -0.25) is 9.69 Å². The van der Waals surface area contributed by atoms with Crippen LogP contribution >= 0.6 is 27.3 Å². The molecular formula is C18H21BrN2O2S. The van der Waals surface area contributed by atoms with Gasteiger partial charge in [-0.1, -0.05) is 12.1 Å². The number of β-amino-alcohol motifs (C(OH)–C–C–N with tert-alkyl or cyclic N) is 1. The van der Waals surface area contributed by atoms with Crippen molar-refractivity contribution in [2.75, 3.05) is 18.4 Å². The highest BCUT2D eigenvalue weighted by atomic mass is 79.9. The molecule has 0 atom stereocenters. The van der Waals surface area contributed by atoms with Crippen molar-refractivity contribution in [3.63, 3.8) is 0 Å². The van der Waals surface area contributed by atoms with E-state index in [1.54, 1.807) is 0 Å². The number of amides is 1. The summed E-state index contributed by atoms with van der Waals surface area (Å²) in [5.74, 6) is -0.0713. The standard InChI is InChI=1S/C18H21BrN2O2S/c1-18(2,23)11-21-7-6-14-12(9-21)4-3-5-15(14)20-17(22)16-8-13(19)10-24-16/h3-5,8,10,23H,6-7,9,11H2,1-2H3,(H,20,22). The van der Waals surface area contributed by atoms with Crippen LogP contribution in [0.3, 0.4) is 0 Å². The van der Waals surface area contributed by atoms with Gasteiger partial charge in [-0.05, 0) is 59.5 Å². The zero-order chi connectivity index (χ0) is 17.3. The number of nitrogens with one attached hydrogen (secondary N) is 1. The molecule has 2 aromatic rings. The molecule has 1 amide bonds. The fraction of sp³-hybridized carbons (Fsp3) is 0.389. The number of carbonyl (C=O) groups is 1. The second-order valence-corrected chi connectivity index (χ2v) is 8.63. The Labute approximate surface area is 154 Å². The molecule has 128 valence electrons. The van der Waals surface area contributed by atoms with E-state index in [4.69, 9.17) is 0 Å². The summed E-state index contributed by atoms with van der Waals surface area (Å²) in [6, 6.07) is 7.88. The number of nitrogens with zero attached hydrogens (tertiary/aromatic N) is 1. The summed E-state index contributed by atoms with van der Waals surface area (Å²) >= 11 is 4.81. The van der Waals surface area contributed by atoms with Gasteiger partial charge in [-0.15, -0.1) is 11.3 Å². The van der Waals surface area contributed by atoms with Crippen LogP contribution in [0.2, 0.25) is 0 Å². The molecule has 1 aliphatic heterocycles. The molecule has 1 aliphatic rings. The summed E-state index contributed by atoms with van der Waals surface area (Å²) in [6.07, 6.45) is 0.871. The molecule has 0 bridgehead atoms. The topological polar surface area (TPSA) is 52.6 Å². The molecule has 24 heavy (non-hydrogen) atoms. The number of halogens is 1. The van der Waals surface area contributed by atoms with Gasteiger partial charge < -0.3 is 10.4 Å². The Morgan fingerprint density at radius 1 is 1.46 bits per heavy atom. The van der Waals surface area contributed by atoms with Crippen LogP contribution in [0, 0.1) is 0 Å². The Bertz CT molecular complexity index is 752. The fourth-order valence-electron chi connectivity index (χ4n) is 3.08. The Balaban J connectivity index is 1.76. The third-order valence-electron chi connectivity index (χ3n) is 4.00. The Hall–Kier alpha value is -1.21. The van der Waals surface area contributed by atoms with Gasteiger partial charge in [0.1, 0.15) is 0 Å². The van der Waals surface area contributed by atoms with Gasteiger partial charge in [0.05, 0.1) is 10.5 Å². The van der Waals surface area contributed by atoms with Crippen LogP contribution in [0.15, 0.2) is 34.1 Å². The summed E-state index contributed by atoms with van der Waals surface area (Å²) < 4.78 is 0.926. The molecule has 2 N–H and O–H groups in total. The van der Waals surface area contributed by atoms with E-state index >= 15 is 0 Å². The third-order valence-corrected chi connectivity index (χ3v) is 5.68. The number of benzene rings is 1. The van der Waals surface area contributed by atoms with Crippen LogP contribution in [0.25, 0.3) is 0 Å². The first-order chi connectivity index (χ1) is 11.3. The lowest BCUT2D eigenvalue weighted by Crippen LogP contribution is -2.41. The minimum Gasteiger partial charge on any atom is -0.389 e. The molecule has 0 saturated carbocycles. The van der Waals surface area contributed by atoms with Crippen LogP contribution in [-0.2, 0) is 13.0 Å². The van der Waals surface area contributed by atoms with Crippen LogP contribution < -0.4 is 5.32 Å². The van der Waals surface area contributed by atoms with Crippen molar-refractivity contribution >= 4 is 38.9 Å². The van der Waals surface area contributed by atoms with Crippen LogP contribution in [-0.4, -0.2) is 34.6 Å². The average molecular weight is 409 g/mol. The maximum Gasteiger partial charge on any atom is 0.265 e. The molecule has 0 fully saturated rings.